The summed E-state index contributed by atoms with van der Waals surface area (Å²) in [4.78, 5) is 19.2. The van der Waals surface area contributed by atoms with Crippen molar-refractivity contribution in [1.82, 2.24) is 19.7 Å². The van der Waals surface area contributed by atoms with Gasteiger partial charge in [-0.3, -0.25) is 0 Å². The Balaban J connectivity index is 1.92. The van der Waals surface area contributed by atoms with Crippen LogP contribution in [0.4, 0.5) is 0 Å². The molecule has 0 aliphatic carbocycles. The van der Waals surface area contributed by atoms with Crippen LogP contribution in [0.5, 0.6) is 0 Å². The summed E-state index contributed by atoms with van der Waals surface area (Å²) in [6.07, 6.45) is 3.50. The number of hydrogen-bond donors (Lipinski definition) is 1. The van der Waals surface area contributed by atoms with Gasteiger partial charge in [0.2, 0.25) is 6.39 Å². The van der Waals surface area contributed by atoms with Gasteiger partial charge in [0, 0.05) is 13.0 Å². The second kappa shape index (κ2) is 4.52. The molecule has 2 heterocycles. The number of benzene rings is 1. The van der Waals surface area contributed by atoms with Gasteiger partial charge in [0.15, 0.2) is 5.82 Å². The monoisotopic (exact) mass is 258 g/mol. The molecule has 2 aromatic heterocycles. The largest absolute Gasteiger partial charge is 0.478 e. The molecule has 1 aromatic carbocycles. The normalized spacial score (nSPS) is 10.9. The Morgan fingerprint density at radius 1 is 1.37 bits per heavy atom. The maximum absolute atomic E-state index is 11.1. The molecule has 7 nitrogen and oxygen atoms in total. The van der Waals surface area contributed by atoms with E-state index in [9.17, 15) is 4.79 Å². The Hall–Kier alpha value is -2.70. The molecule has 1 N–H and O–H groups in total. The van der Waals surface area contributed by atoms with Crippen LogP contribution in [0.2, 0.25) is 0 Å². The Morgan fingerprint density at radius 2 is 2.26 bits per heavy atom. The molecule has 0 saturated carbocycles. The molecule has 0 aliphatic rings. The average Bonchev–Trinajstić information content (AvgIpc) is 3.05. The fourth-order valence-corrected chi connectivity index (χ4v) is 1.96. The maximum Gasteiger partial charge on any atom is 0.337 e. The molecule has 7 heteroatoms. The van der Waals surface area contributed by atoms with E-state index in [2.05, 4.69) is 19.6 Å². The number of fused-ring (bicyclic) bond motifs is 1. The number of carbonyl (C=O) groups is 1. The van der Waals surface area contributed by atoms with Crippen molar-refractivity contribution >= 4 is 17.0 Å². The molecule has 0 atom stereocenters. The number of nitrogens with zero attached hydrogens (tertiary/aromatic N) is 4. The number of imidazole rings is 1. The standard InChI is InChI=1S/C12H10N4O3/c17-12(18)8-2-1-3-9-11(8)13-6-16(9)5-4-10-14-7-19-15-10/h1-3,6-7H,4-5H2,(H,17,18). The predicted molar refractivity (Wildman–Crippen MR) is 64.7 cm³/mol. The molecule has 0 bridgehead atoms. The SMILES string of the molecule is O=C(O)c1cccc2c1ncn2CCc1ncon1. The van der Waals surface area contributed by atoms with Crippen molar-refractivity contribution in [2.24, 2.45) is 0 Å². The minimum atomic E-state index is -0.978. The molecule has 0 fully saturated rings. The Morgan fingerprint density at radius 3 is 3.00 bits per heavy atom. The van der Waals surface area contributed by atoms with Gasteiger partial charge in [-0.15, -0.1) is 0 Å². The van der Waals surface area contributed by atoms with Gasteiger partial charge < -0.3 is 14.2 Å². The van der Waals surface area contributed by atoms with Gasteiger partial charge in [-0.1, -0.05) is 11.2 Å². The number of hydrogen-bond acceptors (Lipinski definition) is 5. The highest BCUT2D eigenvalue weighted by Crippen LogP contribution is 2.17. The van der Waals surface area contributed by atoms with E-state index in [1.807, 2.05) is 10.6 Å². The minimum absolute atomic E-state index is 0.204. The zero-order chi connectivity index (χ0) is 13.2. The summed E-state index contributed by atoms with van der Waals surface area (Å²) >= 11 is 0. The van der Waals surface area contributed by atoms with Crippen LogP contribution in [0.1, 0.15) is 16.2 Å². The van der Waals surface area contributed by atoms with E-state index in [1.54, 1.807) is 18.5 Å². The van der Waals surface area contributed by atoms with E-state index >= 15 is 0 Å². The van der Waals surface area contributed by atoms with Crippen molar-refractivity contribution in [3.63, 3.8) is 0 Å². The molecule has 3 aromatic rings. The van der Waals surface area contributed by atoms with Crippen LogP contribution in [0, 0.1) is 0 Å². The molecule has 0 unspecified atom stereocenters. The van der Waals surface area contributed by atoms with Gasteiger partial charge in [0.05, 0.1) is 17.4 Å². The average molecular weight is 258 g/mol. The summed E-state index contributed by atoms with van der Waals surface area (Å²) < 4.78 is 6.53. The smallest absolute Gasteiger partial charge is 0.337 e. The first-order valence-electron chi connectivity index (χ1n) is 5.68. The van der Waals surface area contributed by atoms with Crippen LogP contribution < -0.4 is 0 Å². The summed E-state index contributed by atoms with van der Waals surface area (Å²) in [6.45, 7) is 0.610. The first kappa shape index (κ1) is 11.4. The predicted octanol–water partition coefficient (Wildman–Crippen LogP) is 1.36. The van der Waals surface area contributed by atoms with E-state index < -0.39 is 5.97 Å². The summed E-state index contributed by atoms with van der Waals surface area (Å²) in [5.74, 6) is -0.370. The van der Waals surface area contributed by atoms with Gasteiger partial charge >= 0.3 is 5.97 Å². The van der Waals surface area contributed by atoms with Crippen molar-refractivity contribution < 1.29 is 14.4 Å². The summed E-state index contributed by atoms with van der Waals surface area (Å²) in [5.41, 5.74) is 1.47. The van der Waals surface area contributed by atoms with E-state index in [0.29, 0.717) is 24.3 Å². The first-order chi connectivity index (χ1) is 9.25. The van der Waals surface area contributed by atoms with Crippen molar-refractivity contribution in [2.75, 3.05) is 0 Å². The zero-order valence-electron chi connectivity index (χ0n) is 9.85. The molecular formula is C12H10N4O3. The fourth-order valence-electron chi connectivity index (χ4n) is 1.96. The third kappa shape index (κ3) is 2.05. The molecule has 96 valence electrons. The van der Waals surface area contributed by atoms with Crippen LogP contribution in [-0.4, -0.2) is 30.8 Å². The lowest BCUT2D eigenvalue weighted by atomic mass is 10.2. The molecule has 0 radical (unpaired) electrons. The number of carboxylic acid groups (broad SMARTS) is 1. The third-order valence-corrected chi connectivity index (χ3v) is 2.86. The van der Waals surface area contributed by atoms with Crippen molar-refractivity contribution in [3.05, 3.63) is 42.3 Å². The molecule has 0 amide bonds. The lowest BCUT2D eigenvalue weighted by Crippen LogP contribution is -2.02. The molecule has 0 saturated heterocycles. The summed E-state index contributed by atoms with van der Waals surface area (Å²) in [5, 5.41) is 12.8. The molecule has 3 rings (SSSR count). The van der Waals surface area contributed by atoms with E-state index in [-0.39, 0.29) is 5.56 Å². The number of aryl methyl sites for hydroxylation is 2. The van der Waals surface area contributed by atoms with Crippen LogP contribution in [-0.2, 0) is 13.0 Å². The molecule has 0 spiro atoms. The zero-order valence-corrected chi connectivity index (χ0v) is 9.85. The lowest BCUT2D eigenvalue weighted by Gasteiger charge is -2.02. The number of aromatic nitrogens is 4. The van der Waals surface area contributed by atoms with Crippen molar-refractivity contribution in [1.29, 1.82) is 0 Å². The highest BCUT2D eigenvalue weighted by molar-refractivity contribution is 6.00. The van der Waals surface area contributed by atoms with Crippen molar-refractivity contribution in [3.8, 4) is 0 Å². The summed E-state index contributed by atoms with van der Waals surface area (Å²) in [6, 6.07) is 5.09. The second-order valence-corrected chi connectivity index (χ2v) is 4.01. The highest BCUT2D eigenvalue weighted by atomic mass is 16.5. The van der Waals surface area contributed by atoms with Crippen LogP contribution in [0.25, 0.3) is 11.0 Å². The van der Waals surface area contributed by atoms with E-state index in [1.165, 1.54) is 6.39 Å². The lowest BCUT2D eigenvalue weighted by molar-refractivity contribution is 0.0699. The Bertz CT molecular complexity index is 718. The minimum Gasteiger partial charge on any atom is -0.478 e. The molecule has 19 heavy (non-hydrogen) atoms. The Labute approximate surface area is 107 Å². The molecular weight excluding hydrogens is 248 g/mol. The van der Waals surface area contributed by atoms with E-state index in [0.717, 1.165) is 5.52 Å². The van der Waals surface area contributed by atoms with Crippen molar-refractivity contribution in [2.45, 2.75) is 13.0 Å². The maximum atomic E-state index is 11.1. The molecule has 0 aliphatic heterocycles. The van der Waals surface area contributed by atoms with Gasteiger partial charge in [-0.2, -0.15) is 4.98 Å². The van der Waals surface area contributed by atoms with Crippen LogP contribution in [0.15, 0.2) is 35.4 Å². The number of para-hydroxylation sites is 1. The first-order valence-corrected chi connectivity index (χ1v) is 5.68. The van der Waals surface area contributed by atoms with Crippen LogP contribution in [0.3, 0.4) is 0 Å². The van der Waals surface area contributed by atoms with Gasteiger partial charge in [0.1, 0.15) is 5.52 Å². The van der Waals surface area contributed by atoms with Gasteiger partial charge in [-0.05, 0) is 12.1 Å². The topological polar surface area (TPSA) is 94.0 Å². The number of aromatic carboxylic acids is 1. The summed E-state index contributed by atoms with van der Waals surface area (Å²) in [7, 11) is 0. The van der Waals surface area contributed by atoms with Gasteiger partial charge in [0.25, 0.3) is 0 Å². The second-order valence-electron chi connectivity index (χ2n) is 4.01. The quantitative estimate of drug-likeness (QED) is 0.759. The number of carboxylic acids is 1. The Kier molecular flexibility index (Phi) is 2.71. The van der Waals surface area contributed by atoms with Gasteiger partial charge in [-0.25, -0.2) is 9.78 Å². The fraction of sp³-hybridized carbons (Fsp3) is 0.167. The van der Waals surface area contributed by atoms with E-state index in [4.69, 9.17) is 5.11 Å². The van der Waals surface area contributed by atoms with Crippen LogP contribution >= 0.6 is 0 Å². The third-order valence-electron chi connectivity index (χ3n) is 2.86. The highest BCUT2D eigenvalue weighted by Gasteiger charge is 2.12. The number of rotatable bonds is 4.